The van der Waals surface area contributed by atoms with E-state index in [1.165, 1.54) is 0 Å². The average molecular weight is 1600 g/mol. The number of urea groups is 1. The Morgan fingerprint density at radius 2 is 0.839 bits per heavy atom. The molecule has 39 nitrogen and oxygen atoms in total. The smallest absolute Gasteiger partial charge is 0.326 e. The van der Waals surface area contributed by atoms with E-state index in [1.807, 2.05) is 24.3 Å². The zero-order valence-corrected chi connectivity index (χ0v) is 64.6. The summed E-state index contributed by atoms with van der Waals surface area (Å²) in [6, 6.07) is 3.36. The van der Waals surface area contributed by atoms with Crippen molar-refractivity contribution in [1.82, 2.24) is 55.4 Å². The second-order valence-electron chi connectivity index (χ2n) is 27.1. The Bertz CT molecular complexity index is 3040. The van der Waals surface area contributed by atoms with Crippen molar-refractivity contribution in [2.45, 2.75) is 127 Å². The third-order valence-corrected chi connectivity index (χ3v) is 18.1. The number of carbonyl (C=O) groups is 10. The lowest BCUT2D eigenvalue weighted by Crippen LogP contribution is -2.53. The van der Waals surface area contributed by atoms with Crippen LogP contribution in [0.4, 0.5) is 16.7 Å². The minimum Gasteiger partial charge on any atom is -0.481 e. The largest absolute Gasteiger partial charge is 0.481 e. The molecule has 3 amide bonds. The van der Waals surface area contributed by atoms with Crippen molar-refractivity contribution in [3.05, 3.63) is 41.2 Å². The van der Waals surface area contributed by atoms with Gasteiger partial charge in [-0.25, -0.2) is 14.4 Å². The van der Waals surface area contributed by atoms with Gasteiger partial charge in [0, 0.05) is 110 Å². The van der Waals surface area contributed by atoms with Crippen LogP contribution in [0.3, 0.4) is 0 Å². The van der Waals surface area contributed by atoms with Gasteiger partial charge >= 0.3 is 53.8 Å². The molecular weight excluding hydrogens is 1470 g/mol. The summed E-state index contributed by atoms with van der Waals surface area (Å²) >= 11 is 0. The number of aromatic nitrogens is 3. The van der Waals surface area contributed by atoms with E-state index in [1.54, 1.807) is 19.6 Å². The van der Waals surface area contributed by atoms with Gasteiger partial charge in [-0.15, -0.1) is 0 Å². The van der Waals surface area contributed by atoms with E-state index in [9.17, 15) is 78.6 Å². The highest BCUT2D eigenvalue weighted by molar-refractivity contribution is 5.86. The normalized spacial score (nSPS) is 15.7. The molecule has 3 heterocycles. The Morgan fingerprint density at radius 3 is 1.34 bits per heavy atom. The molecule has 0 saturated carbocycles. The van der Waals surface area contributed by atoms with E-state index < -0.39 is 78.3 Å². The summed E-state index contributed by atoms with van der Waals surface area (Å²) in [4.78, 5) is 144. The van der Waals surface area contributed by atoms with Crippen LogP contribution in [0.2, 0.25) is 0 Å². The molecule has 112 heavy (non-hydrogen) atoms. The molecule has 2 aliphatic rings. The van der Waals surface area contributed by atoms with Crippen LogP contribution < -0.4 is 26.2 Å². The first kappa shape index (κ1) is 96.2. The van der Waals surface area contributed by atoms with Crippen molar-refractivity contribution in [3.63, 3.8) is 0 Å². The van der Waals surface area contributed by atoms with Gasteiger partial charge in [-0.2, -0.15) is 15.0 Å². The molecule has 1 aromatic carbocycles. The summed E-state index contributed by atoms with van der Waals surface area (Å²) in [7, 11) is 0. The van der Waals surface area contributed by atoms with Crippen molar-refractivity contribution in [1.29, 1.82) is 0 Å². The first-order valence-corrected chi connectivity index (χ1v) is 38.7. The highest BCUT2D eigenvalue weighted by atomic mass is 16.6. The number of carboxylic acids is 8. The van der Waals surface area contributed by atoms with Crippen molar-refractivity contribution in [2.24, 2.45) is 0 Å². The van der Waals surface area contributed by atoms with Gasteiger partial charge in [0.25, 0.3) is 0 Å². The Kier molecular flexibility index (Phi) is 51.1. The first-order chi connectivity index (χ1) is 54.0. The van der Waals surface area contributed by atoms with Gasteiger partial charge in [-0.1, -0.05) is 62.8 Å². The van der Waals surface area contributed by atoms with Crippen LogP contribution in [0.25, 0.3) is 0 Å². The fraction of sp³-hybridized carbons (Fsp3) is 0.740. The summed E-state index contributed by atoms with van der Waals surface area (Å²) in [5, 5.41) is 86.2. The number of ether oxygens (including phenoxy) is 8. The molecule has 0 spiro atoms. The molecule has 2 fully saturated rings. The van der Waals surface area contributed by atoms with Crippen LogP contribution in [0.5, 0.6) is 0 Å². The number of piperazine rings is 1. The molecule has 2 saturated heterocycles. The van der Waals surface area contributed by atoms with E-state index >= 15 is 0 Å². The van der Waals surface area contributed by atoms with Crippen molar-refractivity contribution >= 4 is 71.6 Å². The molecule has 12 N–H and O–H groups in total. The van der Waals surface area contributed by atoms with Crippen LogP contribution >= 0.6 is 0 Å². The number of hydrogen-bond donors (Lipinski definition) is 12. The van der Waals surface area contributed by atoms with E-state index in [2.05, 4.69) is 31.1 Å². The van der Waals surface area contributed by atoms with Gasteiger partial charge in [0.05, 0.1) is 138 Å². The third kappa shape index (κ3) is 48.0. The molecule has 634 valence electrons. The molecular formula is C73H121N13O26. The van der Waals surface area contributed by atoms with Crippen LogP contribution in [-0.2, 0) is 93.9 Å². The summed E-state index contributed by atoms with van der Waals surface area (Å²) in [5.41, 5.74) is 1.72. The molecule has 2 aromatic rings. The van der Waals surface area contributed by atoms with Crippen LogP contribution in [0.15, 0.2) is 24.3 Å². The van der Waals surface area contributed by atoms with Crippen LogP contribution in [0, 0.1) is 0 Å². The average Bonchev–Trinajstić information content (AvgIpc) is 0.820. The fourth-order valence-electron chi connectivity index (χ4n) is 12.1. The van der Waals surface area contributed by atoms with E-state index in [4.69, 9.17) is 63.1 Å². The Morgan fingerprint density at radius 1 is 0.402 bits per heavy atom. The van der Waals surface area contributed by atoms with E-state index in [0.717, 1.165) is 82.1 Å². The number of carbonyl (C=O) groups excluding carboxylic acids is 2. The second kappa shape index (κ2) is 59.5. The lowest BCUT2D eigenvalue weighted by Gasteiger charge is -2.37. The zero-order valence-electron chi connectivity index (χ0n) is 64.6. The maximum absolute atomic E-state index is 12.5. The number of anilines is 2. The van der Waals surface area contributed by atoms with Crippen LogP contribution in [0.1, 0.15) is 113 Å². The molecule has 1 unspecified atom stereocenters. The Labute approximate surface area is 653 Å². The van der Waals surface area contributed by atoms with Crippen molar-refractivity contribution in [3.8, 4) is 0 Å². The highest BCUT2D eigenvalue weighted by Gasteiger charge is 2.30. The van der Waals surface area contributed by atoms with Gasteiger partial charge in [0.15, 0.2) is 0 Å². The number of benzene rings is 1. The minimum atomic E-state index is -1.50. The maximum atomic E-state index is 12.5. The number of carboxylic acid groups (broad SMARTS) is 8. The predicted octanol–water partition coefficient (Wildman–Crippen LogP) is 0.943. The summed E-state index contributed by atoms with van der Waals surface area (Å²) < 4.78 is 44.2. The summed E-state index contributed by atoms with van der Waals surface area (Å²) in [5.74, 6) is -7.95. The molecule has 0 aliphatic carbocycles. The van der Waals surface area contributed by atoms with E-state index in [0.29, 0.717) is 175 Å². The summed E-state index contributed by atoms with van der Waals surface area (Å²) in [6.07, 6.45) is 9.03. The molecule has 4 rings (SSSR count). The van der Waals surface area contributed by atoms with Crippen molar-refractivity contribution < 1.29 is 127 Å². The maximum Gasteiger partial charge on any atom is 0.326 e. The Hall–Kier alpha value is -8.19. The number of nitrogens with zero attached hydrogens (tertiary/aromatic N) is 9. The van der Waals surface area contributed by atoms with Gasteiger partial charge < -0.3 is 105 Å². The number of rotatable bonds is 64. The lowest BCUT2D eigenvalue weighted by molar-refractivity contribution is -0.142. The first-order valence-electron chi connectivity index (χ1n) is 38.7. The predicted molar refractivity (Wildman–Crippen MR) is 404 cm³/mol. The quantitative estimate of drug-likeness (QED) is 0.0410. The molecule has 1 aromatic heterocycles. The van der Waals surface area contributed by atoms with Gasteiger partial charge in [-0.05, 0) is 62.6 Å². The zero-order chi connectivity index (χ0) is 81.4. The van der Waals surface area contributed by atoms with Gasteiger partial charge in [0.1, 0.15) is 17.9 Å². The highest BCUT2D eigenvalue weighted by Crippen LogP contribution is 2.20. The second-order valence-corrected chi connectivity index (χ2v) is 27.1. The van der Waals surface area contributed by atoms with Crippen LogP contribution in [-0.4, -0.2) is 382 Å². The SMILES string of the molecule is O=C(O)CCOCCOCCOCCOCCOCCOCCOCCOCCNc1nc(Cc2ccc(CC3CN(CC(=O)O)CCN(CC(=O)O)CCN(CC(=O)O)CCN3CC(=O)O)cc2)nc(N2CCN(CCCCCCCCCCC(=O)NCCCC[C@H](NC(=O)N[C@@H](CCC(=O)O)C(=O)O)C(=O)O)CC2)n1. The van der Waals surface area contributed by atoms with Gasteiger partial charge in [0.2, 0.25) is 17.8 Å². The molecule has 0 bridgehead atoms. The lowest BCUT2D eigenvalue weighted by atomic mass is 10.0. The number of unbranched alkanes of at least 4 members (excludes halogenated alkanes) is 8. The number of hydrogen-bond acceptors (Lipinski definition) is 28. The molecule has 2 aliphatic heterocycles. The standard InChI is InChI=1S/C73H121N13O26/c87-62(74-20-9-8-11-59(69(100)101)76-73(104)77-60(70(102)103)17-18-63(88)89)12-7-5-3-1-2-4-6-10-22-81-27-30-85(31-28-81)72-79-61(78-71(80-72)75-21-34-106-36-38-108-40-42-110-44-46-112-48-47-111-45-43-109-41-39-107-37-35-105-33-19-64(90)91)50-57-15-13-56(14-16-57)49-58-51-84(54-67(96)97)26-25-82(52-65(92)93)23-24-83(53-66(94)95)29-32-86(58)55-68(98)99/h13-16,58-60H,1-12,17-55H2,(H,74,87)(H,88,89)(H,90,91)(H,92,93)(H,94,95)(H,96,97)(H,98,99)(H,100,101)(H,102,103)(H2,76,77,104)(H,75,78,79,80)/t58?,59-,60-/m0/s1. The monoisotopic (exact) mass is 1600 g/mol. The molecule has 39 heteroatoms. The topological polar surface area (TPSA) is 513 Å². The van der Waals surface area contributed by atoms with E-state index in [-0.39, 0.29) is 104 Å². The number of aliphatic carboxylic acids is 8. The molecule has 0 radical (unpaired) electrons. The Balaban J connectivity index is 1.23. The van der Waals surface area contributed by atoms with Gasteiger partial charge in [-0.3, -0.25) is 58.1 Å². The number of nitrogens with one attached hydrogen (secondary N) is 4. The number of amides is 3. The van der Waals surface area contributed by atoms with Crippen molar-refractivity contribution in [2.75, 3.05) is 234 Å². The third-order valence-electron chi connectivity index (χ3n) is 18.1. The summed E-state index contributed by atoms with van der Waals surface area (Å²) in [6.45, 7) is 10.3. The minimum absolute atomic E-state index is 0.0351. The fourth-order valence-corrected chi connectivity index (χ4v) is 12.1. The molecule has 3 atom stereocenters.